The van der Waals surface area contributed by atoms with Crippen molar-refractivity contribution in [3.8, 4) is 0 Å². The summed E-state index contributed by atoms with van der Waals surface area (Å²) < 4.78 is 13.4. The fourth-order valence-electron chi connectivity index (χ4n) is 1.51. The van der Waals surface area contributed by atoms with E-state index in [1.165, 1.54) is 35.6 Å². The van der Waals surface area contributed by atoms with Crippen LogP contribution < -0.4 is 5.32 Å². The summed E-state index contributed by atoms with van der Waals surface area (Å²) in [7, 11) is 0. The van der Waals surface area contributed by atoms with Crippen molar-refractivity contribution in [2.24, 2.45) is 0 Å². The van der Waals surface area contributed by atoms with Gasteiger partial charge in [0.15, 0.2) is 0 Å². The van der Waals surface area contributed by atoms with Crippen LogP contribution in [0, 0.1) is 5.82 Å². The molecule has 0 saturated carbocycles. The second-order valence-electron chi connectivity index (χ2n) is 3.84. The van der Waals surface area contributed by atoms with Crippen LogP contribution in [0.4, 0.5) is 4.39 Å². The molecule has 0 aliphatic carbocycles. The van der Waals surface area contributed by atoms with Gasteiger partial charge in [-0.2, -0.15) is 0 Å². The third-order valence-electron chi connectivity index (χ3n) is 2.47. The normalized spacial score (nSPS) is 12.2. The maximum Gasteiger partial charge on any atom is 0.251 e. The summed E-state index contributed by atoms with van der Waals surface area (Å²) in [4.78, 5) is 12.9. The monoisotopic (exact) mass is 283 g/mol. The molecule has 1 aromatic carbocycles. The lowest BCUT2D eigenvalue weighted by Crippen LogP contribution is -2.26. The molecule has 18 heavy (non-hydrogen) atoms. The molecule has 1 unspecified atom stereocenters. The second-order valence-corrected chi connectivity index (χ2v) is 5.59. The lowest BCUT2D eigenvalue weighted by molar-refractivity contribution is 0.0940. The van der Waals surface area contributed by atoms with E-state index < -0.39 is 0 Å². The van der Waals surface area contributed by atoms with Gasteiger partial charge >= 0.3 is 0 Å². The van der Waals surface area contributed by atoms with Gasteiger partial charge in [0.2, 0.25) is 0 Å². The number of hydrogen-bond donors (Lipinski definition) is 1. The second kappa shape index (κ2) is 5.50. The zero-order chi connectivity index (χ0) is 13.1. The number of carbonyl (C=O) groups is 1. The topological polar surface area (TPSA) is 29.1 Å². The van der Waals surface area contributed by atoms with Crippen molar-refractivity contribution in [1.29, 1.82) is 0 Å². The number of rotatable bonds is 3. The maximum atomic E-state index is 12.7. The molecule has 2 nitrogen and oxygen atoms in total. The Hall–Kier alpha value is -1.39. The first-order valence-corrected chi connectivity index (χ1v) is 6.57. The smallest absolute Gasteiger partial charge is 0.251 e. The molecule has 0 aliphatic rings. The van der Waals surface area contributed by atoms with Crippen LogP contribution >= 0.6 is 22.9 Å². The van der Waals surface area contributed by atoms with Gasteiger partial charge in [-0.05, 0) is 43.3 Å². The molecule has 0 bridgehead atoms. The molecule has 0 aliphatic heterocycles. The van der Waals surface area contributed by atoms with Gasteiger partial charge in [0.1, 0.15) is 5.82 Å². The van der Waals surface area contributed by atoms with Gasteiger partial charge in [-0.1, -0.05) is 11.6 Å². The van der Waals surface area contributed by atoms with Crippen LogP contribution in [0.3, 0.4) is 0 Å². The van der Waals surface area contributed by atoms with Gasteiger partial charge in [0.25, 0.3) is 5.91 Å². The molecule has 0 spiro atoms. The maximum absolute atomic E-state index is 12.7. The predicted molar refractivity (Wildman–Crippen MR) is 71.6 cm³/mol. The fraction of sp³-hybridized carbons (Fsp3) is 0.154. The number of nitrogens with one attached hydrogen (secondary N) is 1. The average molecular weight is 284 g/mol. The zero-order valence-electron chi connectivity index (χ0n) is 9.61. The van der Waals surface area contributed by atoms with Crippen LogP contribution in [0.1, 0.15) is 28.2 Å². The highest BCUT2D eigenvalue weighted by atomic mass is 35.5. The van der Waals surface area contributed by atoms with Gasteiger partial charge < -0.3 is 5.32 Å². The summed E-state index contributed by atoms with van der Waals surface area (Å²) in [5.41, 5.74) is 0.436. The standard InChI is InChI=1S/C13H11ClFNOS/c1-8(11-6-7-12(14)18-11)16-13(17)9-2-4-10(15)5-3-9/h2-8H,1H3,(H,16,17). The van der Waals surface area contributed by atoms with Crippen LogP contribution in [0.25, 0.3) is 0 Å². The van der Waals surface area contributed by atoms with E-state index in [0.29, 0.717) is 9.90 Å². The molecule has 1 atom stereocenters. The molecule has 94 valence electrons. The highest BCUT2D eigenvalue weighted by Crippen LogP contribution is 2.26. The molecule has 0 radical (unpaired) electrons. The van der Waals surface area contributed by atoms with Crippen molar-refractivity contribution in [3.63, 3.8) is 0 Å². The predicted octanol–water partition coefficient (Wildman–Crippen LogP) is 4.03. The Morgan fingerprint density at radius 3 is 2.50 bits per heavy atom. The Morgan fingerprint density at radius 1 is 1.28 bits per heavy atom. The number of hydrogen-bond acceptors (Lipinski definition) is 2. The molecular weight excluding hydrogens is 273 g/mol. The molecule has 1 amide bonds. The van der Waals surface area contributed by atoms with E-state index >= 15 is 0 Å². The minimum Gasteiger partial charge on any atom is -0.345 e. The summed E-state index contributed by atoms with van der Waals surface area (Å²) in [6, 6.07) is 8.99. The van der Waals surface area contributed by atoms with Crippen molar-refractivity contribution < 1.29 is 9.18 Å². The number of amides is 1. The lowest BCUT2D eigenvalue weighted by atomic mass is 10.2. The molecule has 5 heteroatoms. The highest BCUT2D eigenvalue weighted by Gasteiger charge is 2.12. The number of benzene rings is 1. The van der Waals surface area contributed by atoms with Crippen LogP contribution in [-0.4, -0.2) is 5.91 Å². The minimum atomic E-state index is -0.357. The summed E-state index contributed by atoms with van der Waals surface area (Å²) in [6.45, 7) is 1.88. The van der Waals surface area contributed by atoms with E-state index in [-0.39, 0.29) is 17.8 Å². The van der Waals surface area contributed by atoms with Crippen LogP contribution in [0.15, 0.2) is 36.4 Å². The first kappa shape index (κ1) is 13.1. The third kappa shape index (κ3) is 3.09. The van der Waals surface area contributed by atoms with Gasteiger partial charge in [0.05, 0.1) is 10.4 Å². The van der Waals surface area contributed by atoms with Crippen LogP contribution in [0.5, 0.6) is 0 Å². The van der Waals surface area contributed by atoms with Crippen molar-refractivity contribution in [1.82, 2.24) is 5.32 Å². The summed E-state index contributed by atoms with van der Waals surface area (Å²) in [6.07, 6.45) is 0. The Kier molecular flexibility index (Phi) is 3.99. The Bertz CT molecular complexity index is 552. The van der Waals surface area contributed by atoms with Crippen molar-refractivity contribution in [2.45, 2.75) is 13.0 Å². The lowest BCUT2D eigenvalue weighted by Gasteiger charge is -2.12. The Labute approximate surface area is 113 Å². The molecule has 1 N–H and O–H groups in total. The van der Waals surface area contributed by atoms with Gasteiger partial charge in [0, 0.05) is 10.4 Å². The fourth-order valence-corrected chi connectivity index (χ4v) is 2.58. The first-order chi connectivity index (χ1) is 8.56. The molecule has 2 rings (SSSR count). The van der Waals surface area contributed by atoms with E-state index in [2.05, 4.69) is 5.32 Å². The van der Waals surface area contributed by atoms with Crippen molar-refractivity contribution >= 4 is 28.8 Å². The summed E-state index contributed by atoms with van der Waals surface area (Å²) in [5.74, 6) is -0.586. The van der Waals surface area contributed by atoms with E-state index in [1.54, 1.807) is 6.07 Å². The van der Waals surface area contributed by atoms with Crippen LogP contribution in [-0.2, 0) is 0 Å². The Balaban J connectivity index is 2.05. The van der Waals surface area contributed by atoms with Crippen molar-refractivity contribution in [2.75, 3.05) is 0 Å². The molecule has 0 saturated heterocycles. The van der Waals surface area contributed by atoms with Gasteiger partial charge in [-0.25, -0.2) is 4.39 Å². The first-order valence-electron chi connectivity index (χ1n) is 5.38. The average Bonchev–Trinajstić information content (AvgIpc) is 2.76. The minimum absolute atomic E-state index is 0.125. The molecule has 1 aromatic heterocycles. The number of halogens is 2. The molecule has 1 heterocycles. The van der Waals surface area contributed by atoms with E-state index in [0.717, 1.165) is 4.88 Å². The SMILES string of the molecule is CC(NC(=O)c1ccc(F)cc1)c1ccc(Cl)s1. The van der Waals surface area contributed by atoms with E-state index in [1.807, 2.05) is 13.0 Å². The van der Waals surface area contributed by atoms with E-state index in [9.17, 15) is 9.18 Å². The van der Waals surface area contributed by atoms with E-state index in [4.69, 9.17) is 11.6 Å². The third-order valence-corrected chi connectivity index (χ3v) is 3.89. The number of thiophene rings is 1. The van der Waals surface area contributed by atoms with Crippen LogP contribution in [0.2, 0.25) is 4.34 Å². The molecular formula is C13H11ClFNOS. The summed E-state index contributed by atoms with van der Waals surface area (Å²) >= 11 is 7.27. The van der Waals surface area contributed by atoms with Gasteiger partial charge in [-0.3, -0.25) is 4.79 Å². The van der Waals surface area contributed by atoms with Crippen molar-refractivity contribution in [3.05, 3.63) is 57.0 Å². The molecule has 2 aromatic rings. The Morgan fingerprint density at radius 2 is 1.94 bits per heavy atom. The zero-order valence-corrected chi connectivity index (χ0v) is 11.2. The quantitative estimate of drug-likeness (QED) is 0.905. The molecule has 0 fully saturated rings. The largest absolute Gasteiger partial charge is 0.345 e. The van der Waals surface area contributed by atoms with Gasteiger partial charge in [-0.15, -0.1) is 11.3 Å². The number of carbonyl (C=O) groups excluding carboxylic acids is 1. The summed E-state index contributed by atoms with van der Waals surface area (Å²) in [5, 5.41) is 2.84. The highest BCUT2D eigenvalue weighted by molar-refractivity contribution is 7.16.